The number of pyridine rings is 1. The molecule has 15 nitrogen and oxygen atoms in total. The first kappa shape index (κ1) is 32.4. The van der Waals surface area contributed by atoms with E-state index in [1.807, 2.05) is 24.4 Å². The fraction of sp³-hybridized carbons (Fsp3) is 0.471. The molecule has 1 saturated carbocycles. The Balaban J connectivity index is 0.945. The van der Waals surface area contributed by atoms with Crippen LogP contribution < -0.4 is 20.4 Å². The number of nitrogens with one attached hydrogen (secondary N) is 2. The van der Waals surface area contributed by atoms with Crippen LogP contribution in [0.4, 0.5) is 28.1 Å². The number of aromatic nitrogens is 6. The van der Waals surface area contributed by atoms with Gasteiger partial charge in [0.25, 0.3) is 5.91 Å². The van der Waals surface area contributed by atoms with Crippen LogP contribution in [0, 0.1) is 0 Å². The van der Waals surface area contributed by atoms with E-state index in [2.05, 4.69) is 58.3 Å². The summed E-state index contributed by atoms with van der Waals surface area (Å²) in [5.74, 6) is 1.24. The van der Waals surface area contributed by atoms with E-state index in [9.17, 15) is 14.4 Å². The number of rotatable bonds is 9. The van der Waals surface area contributed by atoms with Crippen LogP contribution in [0.25, 0.3) is 11.0 Å². The standard InChI is InChI=1S/C34H42N12O3/c1-42(2)32(48)27-18-22-19-36-33(39-31(22)46(27)25-6-4-5-7-25)37-28-10-9-26(20-35-28)44-15-12-24(13-16-44)43(3)21-23-8-11-29(41-40-23)45-17-14-30(47)38-34(45)49/h8-11,18-20,24-25H,4-7,12-17,21H2,1-3H3,(H,38,47,49)(H,35,36,37,39). The highest BCUT2D eigenvalue weighted by atomic mass is 16.2. The lowest BCUT2D eigenvalue weighted by Crippen LogP contribution is -2.50. The molecule has 3 aliphatic rings. The number of nitrogens with zero attached hydrogens (tertiary/aromatic N) is 10. The molecule has 2 N–H and O–H groups in total. The topological polar surface area (TPSA) is 158 Å². The minimum absolute atomic E-state index is 0.0292. The van der Waals surface area contributed by atoms with Crippen molar-refractivity contribution < 1.29 is 14.4 Å². The predicted octanol–water partition coefficient (Wildman–Crippen LogP) is 3.72. The van der Waals surface area contributed by atoms with Gasteiger partial charge in [-0.3, -0.25) is 24.7 Å². The molecule has 0 bridgehead atoms. The number of urea groups is 1. The fourth-order valence-corrected chi connectivity index (χ4v) is 7.07. The van der Waals surface area contributed by atoms with Crippen molar-refractivity contribution in [1.29, 1.82) is 0 Å². The van der Waals surface area contributed by atoms with Crippen molar-refractivity contribution in [3.8, 4) is 0 Å². The second-order valence-corrected chi connectivity index (χ2v) is 13.3. The SMILES string of the molecule is CN(C)C(=O)c1cc2cnc(Nc3ccc(N4CCC(N(C)Cc5ccc(N6CCC(=O)NC6=O)nn5)CC4)cn3)nc2n1C1CCCC1. The molecule has 6 heterocycles. The summed E-state index contributed by atoms with van der Waals surface area (Å²) in [5.41, 5.74) is 3.32. The van der Waals surface area contributed by atoms with Gasteiger partial charge in [-0.05, 0) is 63.1 Å². The summed E-state index contributed by atoms with van der Waals surface area (Å²) in [6.45, 7) is 2.76. The summed E-state index contributed by atoms with van der Waals surface area (Å²) in [6, 6.07) is 9.79. The van der Waals surface area contributed by atoms with Gasteiger partial charge in [0.2, 0.25) is 11.9 Å². The summed E-state index contributed by atoms with van der Waals surface area (Å²) in [6.07, 6.45) is 10.3. The number of carbonyl (C=O) groups is 3. The summed E-state index contributed by atoms with van der Waals surface area (Å²) in [7, 11) is 5.66. The van der Waals surface area contributed by atoms with Gasteiger partial charge in [0.05, 0.1) is 17.6 Å². The molecule has 3 fully saturated rings. The van der Waals surface area contributed by atoms with Crippen molar-refractivity contribution in [2.24, 2.45) is 0 Å². The lowest BCUT2D eigenvalue weighted by Gasteiger charge is -2.37. The molecule has 49 heavy (non-hydrogen) atoms. The first-order valence-electron chi connectivity index (χ1n) is 17.0. The maximum Gasteiger partial charge on any atom is 0.329 e. The van der Waals surface area contributed by atoms with E-state index < -0.39 is 6.03 Å². The van der Waals surface area contributed by atoms with Gasteiger partial charge in [0.15, 0.2) is 5.82 Å². The first-order chi connectivity index (χ1) is 23.7. The van der Waals surface area contributed by atoms with Crippen LogP contribution in [-0.4, -0.2) is 104 Å². The first-order valence-corrected chi connectivity index (χ1v) is 17.0. The van der Waals surface area contributed by atoms with Gasteiger partial charge in [-0.2, -0.15) is 10.1 Å². The summed E-state index contributed by atoms with van der Waals surface area (Å²) >= 11 is 0. The number of amides is 4. The summed E-state index contributed by atoms with van der Waals surface area (Å²) < 4.78 is 2.11. The van der Waals surface area contributed by atoms with E-state index in [0.29, 0.717) is 42.4 Å². The molecule has 0 aromatic carbocycles. The Bertz CT molecular complexity index is 1830. The van der Waals surface area contributed by atoms with E-state index in [1.165, 1.54) is 4.90 Å². The molecule has 4 amide bonds. The van der Waals surface area contributed by atoms with E-state index in [1.54, 1.807) is 31.3 Å². The van der Waals surface area contributed by atoms with E-state index in [4.69, 9.17) is 4.98 Å². The maximum absolute atomic E-state index is 13.0. The van der Waals surface area contributed by atoms with E-state index in [0.717, 1.165) is 74.0 Å². The Kier molecular flexibility index (Phi) is 9.08. The minimum Gasteiger partial charge on any atom is -0.370 e. The van der Waals surface area contributed by atoms with Crippen LogP contribution in [0.2, 0.25) is 0 Å². The van der Waals surface area contributed by atoms with Gasteiger partial charge in [0.1, 0.15) is 17.2 Å². The Morgan fingerprint density at radius 2 is 1.76 bits per heavy atom. The van der Waals surface area contributed by atoms with Crippen LogP contribution in [0.1, 0.15) is 67.2 Å². The third kappa shape index (κ3) is 6.88. The van der Waals surface area contributed by atoms with Crippen molar-refractivity contribution >= 4 is 52.2 Å². The van der Waals surface area contributed by atoms with E-state index in [-0.39, 0.29) is 24.3 Å². The lowest BCUT2D eigenvalue weighted by atomic mass is 10.0. The highest BCUT2D eigenvalue weighted by Gasteiger charge is 2.28. The largest absolute Gasteiger partial charge is 0.370 e. The molecule has 0 radical (unpaired) electrons. The zero-order valence-corrected chi connectivity index (χ0v) is 28.2. The second-order valence-electron chi connectivity index (χ2n) is 13.3. The molecule has 2 aliphatic heterocycles. The normalized spacial score (nSPS) is 17.6. The number of piperidine rings is 1. The molecule has 15 heteroatoms. The number of hydrogen-bond donors (Lipinski definition) is 2. The molecule has 1 aliphatic carbocycles. The summed E-state index contributed by atoms with van der Waals surface area (Å²) in [5, 5.41) is 15.0. The molecule has 2 saturated heterocycles. The van der Waals surface area contributed by atoms with Gasteiger partial charge >= 0.3 is 6.03 Å². The van der Waals surface area contributed by atoms with Crippen LogP contribution in [0.3, 0.4) is 0 Å². The van der Waals surface area contributed by atoms with Gasteiger partial charge in [-0.1, -0.05) is 12.8 Å². The summed E-state index contributed by atoms with van der Waals surface area (Å²) in [4.78, 5) is 58.3. The zero-order valence-electron chi connectivity index (χ0n) is 28.2. The third-order valence-electron chi connectivity index (χ3n) is 9.78. The monoisotopic (exact) mass is 666 g/mol. The van der Waals surface area contributed by atoms with Gasteiger partial charge in [-0.15, -0.1) is 5.10 Å². The van der Waals surface area contributed by atoms with Crippen molar-refractivity contribution in [2.75, 3.05) is 55.9 Å². The van der Waals surface area contributed by atoms with Crippen LogP contribution in [-0.2, 0) is 11.3 Å². The molecule has 256 valence electrons. The number of carbonyl (C=O) groups excluding carboxylic acids is 3. The van der Waals surface area contributed by atoms with Crippen molar-refractivity contribution in [1.82, 2.24) is 44.8 Å². The average molecular weight is 667 g/mol. The number of hydrogen-bond acceptors (Lipinski definition) is 11. The molecule has 4 aromatic heterocycles. The van der Waals surface area contributed by atoms with Crippen molar-refractivity contribution in [2.45, 2.75) is 63.6 Å². The molecule has 0 atom stereocenters. The molecular weight excluding hydrogens is 624 g/mol. The average Bonchev–Trinajstić information content (AvgIpc) is 3.77. The fourth-order valence-electron chi connectivity index (χ4n) is 7.07. The van der Waals surface area contributed by atoms with Crippen molar-refractivity contribution in [3.05, 3.63) is 54.1 Å². The van der Waals surface area contributed by atoms with Crippen LogP contribution in [0.15, 0.2) is 42.7 Å². The zero-order chi connectivity index (χ0) is 34.1. The lowest BCUT2D eigenvalue weighted by molar-refractivity contribution is -0.120. The smallest absolute Gasteiger partial charge is 0.329 e. The third-order valence-corrected chi connectivity index (χ3v) is 9.78. The van der Waals surface area contributed by atoms with Crippen molar-refractivity contribution in [3.63, 3.8) is 0 Å². The Morgan fingerprint density at radius 3 is 2.43 bits per heavy atom. The van der Waals surface area contributed by atoms with Crippen LogP contribution in [0.5, 0.6) is 0 Å². The minimum atomic E-state index is -0.464. The number of fused-ring (bicyclic) bond motifs is 1. The molecule has 0 unspecified atom stereocenters. The Morgan fingerprint density at radius 1 is 0.959 bits per heavy atom. The molecule has 4 aromatic rings. The van der Waals surface area contributed by atoms with Crippen LogP contribution >= 0.6 is 0 Å². The number of imide groups is 1. The molecular formula is C34H42N12O3. The Labute approximate surface area is 284 Å². The van der Waals surface area contributed by atoms with E-state index >= 15 is 0 Å². The van der Waals surface area contributed by atoms with Gasteiger partial charge in [-0.25, -0.2) is 14.8 Å². The highest BCUT2D eigenvalue weighted by Crippen LogP contribution is 2.35. The number of anilines is 4. The maximum atomic E-state index is 13.0. The van der Waals surface area contributed by atoms with Gasteiger partial charge in [0, 0.05) is 70.4 Å². The Hall–Kier alpha value is -5.18. The highest BCUT2D eigenvalue weighted by molar-refractivity contribution is 6.05. The van der Waals surface area contributed by atoms with Gasteiger partial charge < -0.3 is 19.7 Å². The molecule has 7 rings (SSSR count). The second kappa shape index (κ2) is 13.7. The quantitative estimate of drug-likeness (QED) is 0.268. The predicted molar refractivity (Wildman–Crippen MR) is 185 cm³/mol. The molecule has 0 spiro atoms.